The van der Waals surface area contributed by atoms with Crippen LogP contribution in [0.25, 0.3) is 0 Å². The van der Waals surface area contributed by atoms with Crippen LogP contribution in [-0.4, -0.2) is 45.1 Å². The van der Waals surface area contributed by atoms with Crippen molar-refractivity contribution in [1.82, 2.24) is 0 Å². The fourth-order valence-corrected chi connectivity index (χ4v) is 2.37. The van der Waals surface area contributed by atoms with Crippen molar-refractivity contribution in [1.29, 1.82) is 0 Å². The number of carboxylic acids is 2. The molecule has 1 unspecified atom stereocenters. The predicted molar refractivity (Wildman–Crippen MR) is 98.7 cm³/mol. The molecule has 0 aromatic rings. The molecule has 0 bridgehead atoms. The number of carbonyl (C=O) groups is 2. The lowest BCUT2D eigenvalue weighted by Gasteiger charge is -2.02. The fourth-order valence-electron chi connectivity index (χ4n) is 2.37. The van der Waals surface area contributed by atoms with Crippen LogP contribution in [0.1, 0.15) is 96.8 Å². The summed E-state index contributed by atoms with van der Waals surface area (Å²) in [7, 11) is 0. The maximum Gasteiger partial charge on any atom is 0.334 e. The molecule has 0 radical (unpaired) electrons. The Kier molecular flexibility index (Phi) is 21.8. The summed E-state index contributed by atoms with van der Waals surface area (Å²) >= 11 is 0. The number of unbranched alkanes of at least 4 members (excludes halogenated alkanes) is 12. The molecule has 0 aromatic heterocycles. The Bertz CT molecular complexity index is 306. The second-order valence-electron chi connectivity index (χ2n) is 6.42. The molecule has 0 heterocycles. The minimum atomic E-state index is -1.63. The van der Waals surface area contributed by atoms with Crippen molar-refractivity contribution in [2.75, 3.05) is 6.61 Å². The molecule has 0 rings (SSSR count). The van der Waals surface area contributed by atoms with Gasteiger partial charge in [-0.2, -0.15) is 0 Å². The zero-order chi connectivity index (χ0) is 19.3. The quantitative estimate of drug-likeness (QED) is 0.309. The highest BCUT2D eigenvalue weighted by Gasteiger charge is 2.08. The van der Waals surface area contributed by atoms with Gasteiger partial charge in [-0.25, -0.2) is 4.79 Å². The van der Waals surface area contributed by atoms with Gasteiger partial charge in [-0.1, -0.05) is 84.0 Å². The molecule has 0 amide bonds. The predicted octanol–water partition coefficient (Wildman–Crippen LogP) is 3.98. The molecule has 0 saturated heterocycles. The lowest BCUT2D eigenvalue weighted by molar-refractivity contribution is -0.148. The van der Waals surface area contributed by atoms with Gasteiger partial charge in [0.05, 0.1) is 6.61 Å². The van der Waals surface area contributed by atoms with E-state index < -0.39 is 24.6 Å². The van der Waals surface area contributed by atoms with Crippen molar-refractivity contribution >= 4 is 11.9 Å². The topological polar surface area (TPSA) is 115 Å². The largest absolute Gasteiger partial charge is 0.481 e. The molecular weight excluding hydrogens is 324 g/mol. The highest BCUT2D eigenvalue weighted by atomic mass is 16.4. The summed E-state index contributed by atoms with van der Waals surface area (Å²) in [5, 5.41) is 32.2. The van der Waals surface area contributed by atoms with E-state index in [2.05, 4.69) is 6.92 Å². The second kappa shape index (κ2) is 20.9. The monoisotopic (exact) mass is 362 g/mol. The van der Waals surface area contributed by atoms with E-state index in [0.717, 1.165) is 12.8 Å². The van der Waals surface area contributed by atoms with Gasteiger partial charge in [-0.15, -0.1) is 0 Å². The van der Waals surface area contributed by atoms with Gasteiger partial charge in [-0.05, 0) is 6.42 Å². The molecule has 0 fully saturated rings. The first-order chi connectivity index (χ1) is 12.0. The molecular formula is C19H38O6. The van der Waals surface area contributed by atoms with Crippen molar-refractivity contribution in [3.8, 4) is 0 Å². The molecule has 0 aliphatic carbocycles. The third-order valence-corrected chi connectivity index (χ3v) is 3.95. The van der Waals surface area contributed by atoms with E-state index in [1.165, 1.54) is 70.6 Å². The van der Waals surface area contributed by atoms with Gasteiger partial charge in [0.25, 0.3) is 0 Å². The molecule has 150 valence electrons. The van der Waals surface area contributed by atoms with Crippen LogP contribution in [0.4, 0.5) is 0 Å². The summed E-state index contributed by atoms with van der Waals surface area (Å²) in [5.74, 6) is -2.06. The van der Waals surface area contributed by atoms with Crippen molar-refractivity contribution in [3.05, 3.63) is 0 Å². The summed E-state index contributed by atoms with van der Waals surface area (Å²) in [5.41, 5.74) is 0. The van der Waals surface area contributed by atoms with Gasteiger partial charge >= 0.3 is 11.9 Å². The maximum absolute atomic E-state index is 10.3. The number of hydrogen-bond donors (Lipinski definition) is 4. The van der Waals surface area contributed by atoms with Crippen molar-refractivity contribution in [2.24, 2.45) is 0 Å². The Morgan fingerprint density at radius 2 is 1.08 bits per heavy atom. The summed E-state index contributed by atoms with van der Waals surface area (Å²) in [6, 6.07) is 0. The van der Waals surface area contributed by atoms with E-state index >= 15 is 0 Å². The molecule has 0 aliphatic heterocycles. The minimum absolute atomic E-state index is 0.345. The zero-order valence-electron chi connectivity index (χ0n) is 15.8. The smallest absolute Gasteiger partial charge is 0.334 e. The Balaban J connectivity index is 0. The van der Waals surface area contributed by atoms with Crippen LogP contribution in [0, 0.1) is 0 Å². The fraction of sp³-hybridized carbons (Fsp3) is 0.895. The van der Waals surface area contributed by atoms with Gasteiger partial charge < -0.3 is 20.4 Å². The number of aliphatic hydroxyl groups is 2. The summed E-state index contributed by atoms with van der Waals surface area (Å²) in [4.78, 5) is 19.8. The van der Waals surface area contributed by atoms with Crippen LogP contribution in [0.3, 0.4) is 0 Å². The van der Waals surface area contributed by atoms with Crippen LogP contribution >= 0.6 is 0 Å². The number of hydrogen-bond acceptors (Lipinski definition) is 4. The number of aliphatic carboxylic acids is 2. The molecule has 25 heavy (non-hydrogen) atoms. The first kappa shape index (κ1) is 26.1. The first-order valence-electron chi connectivity index (χ1n) is 9.69. The second-order valence-corrected chi connectivity index (χ2v) is 6.42. The van der Waals surface area contributed by atoms with E-state index in [4.69, 9.17) is 20.4 Å². The highest BCUT2D eigenvalue weighted by Crippen LogP contribution is 2.12. The van der Waals surface area contributed by atoms with E-state index in [1.54, 1.807) is 0 Å². The average Bonchev–Trinajstić information content (AvgIpc) is 2.58. The lowest BCUT2D eigenvalue weighted by atomic mass is 10.0. The summed E-state index contributed by atoms with van der Waals surface area (Å²) < 4.78 is 0. The Morgan fingerprint density at radius 3 is 1.32 bits per heavy atom. The van der Waals surface area contributed by atoms with Crippen LogP contribution < -0.4 is 0 Å². The SMILES string of the molecule is CCCCCCCCCCCCCCCC(=O)O.O=C(O)C(O)CO. The molecule has 0 aliphatic rings. The standard InChI is InChI=1S/C16H32O2.C3H6O4/c1-2-3-4-5-6-7-8-9-10-11-12-13-14-15-16(17)18;4-1-2(5)3(6)7/h2-15H2,1H3,(H,17,18);2,4-5H,1H2,(H,6,7). The highest BCUT2D eigenvalue weighted by molar-refractivity contribution is 5.71. The Morgan fingerprint density at radius 1 is 0.720 bits per heavy atom. The van der Waals surface area contributed by atoms with E-state index in [1.807, 2.05) is 0 Å². The van der Waals surface area contributed by atoms with Crippen molar-refractivity contribution < 1.29 is 30.0 Å². The minimum Gasteiger partial charge on any atom is -0.481 e. The zero-order valence-corrected chi connectivity index (χ0v) is 15.8. The average molecular weight is 363 g/mol. The van der Waals surface area contributed by atoms with Gasteiger partial charge in [0.1, 0.15) is 0 Å². The molecule has 1 atom stereocenters. The third kappa shape index (κ3) is 25.2. The van der Waals surface area contributed by atoms with Crippen LogP contribution in [0.5, 0.6) is 0 Å². The normalized spacial score (nSPS) is 11.5. The molecule has 0 aromatic carbocycles. The third-order valence-electron chi connectivity index (χ3n) is 3.95. The number of carboxylic acid groups (broad SMARTS) is 2. The van der Waals surface area contributed by atoms with Crippen LogP contribution in [0.15, 0.2) is 0 Å². The van der Waals surface area contributed by atoms with Crippen molar-refractivity contribution in [3.63, 3.8) is 0 Å². The Labute approximate surface area is 152 Å². The van der Waals surface area contributed by atoms with Crippen LogP contribution in [0.2, 0.25) is 0 Å². The van der Waals surface area contributed by atoms with Gasteiger partial charge in [-0.3, -0.25) is 4.79 Å². The number of rotatable bonds is 16. The van der Waals surface area contributed by atoms with Crippen LogP contribution in [-0.2, 0) is 9.59 Å². The molecule has 6 heteroatoms. The number of aliphatic hydroxyl groups excluding tert-OH is 2. The molecule has 6 nitrogen and oxygen atoms in total. The summed E-state index contributed by atoms with van der Waals surface area (Å²) in [6.07, 6.45) is 15.6. The molecule has 4 N–H and O–H groups in total. The van der Waals surface area contributed by atoms with Crippen molar-refractivity contribution in [2.45, 2.75) is 103 Å². The maximum atomic E-state index is 10.3. The molecule has 0 saturated carbocycles. The van der Waals surface area contributed by atoms with Gasteiger partial charge in [0.2, 0.25) is 0 Å². The van der Waals surface area contributed by atoms with E-state index in [-0.39, 0.29) is 0 Å². The lowest BCUT2D eigenvalue weighted by Crippen LogP contribution is -2.22. The van der Waals surface area contributed by atoms with Gasteiger partial charge in [0, 0.05) is 6.42 Å². The molecule has 0 spiro atoms. The Hall–Kier alpha value is -1.14. The first-order valence-corrected chi connectivity index (χ1v) is 9.69. The van der Waals surface area contributed by atoms with Gasteiger partial charge in [0.15, 0.2) is 6.10 Å². The van der Waals surface area contributed by atoms with E-state index in [0.29, 0.717) is 6.42 Å². The van der Waals surface area contributed by atoms with E-state index in [9.17, 15) is 9.59 Å². The summed E-state index contributed by atoms with van der Waals surface area (Å²) in [6.45, 7) is 1.53.